The molecule has 0 amide bonds. The average Bonchev–Trinajstić information content (AvgIpc) is 2.47. The van der Waals surface area contributed by atoms with Crippen LogP contribution in [0.25, 0.3) is 0 Å². The Hall–Kier alpha value is -1.39. The molecule has 0 N–H and O–H groups in total. The van der Waals surface area contributed by atoms with E-state index in [9.17, 15) is 4.79 Å². The van der Waals surface area contributed by atoms with E-state index in [0.717, 1.165) is 37.2 Å². The van der Waals surface area contributed by atoms with Crippen molar-refractivity contribution in [2.75, 3.05) is 34.3 Å². The maximum absolute atomic E-state index is 10.9. The molecule has 0 aliphatic carbocycles. The molecule has 20 heavy (non-hydrogen) atoms. The van der Waals surface area contributed by atoms with Crippen LogP contribution in [0.4, 0.5) is 0 Å². The lowest BCUT2D eigenvalue weighted by atomic mass is 10.0. The predicted octanol–water partition coefficient (Wildman–Crippen LogP) is 2.03. The standard InChI is InChI=1S/C16H24N2O2/c1-17(2)15-6-8-18(9-7-15)11-14-10-13(12-19)4-5-16(14)20-3/h4-5,10,12,15H,6-9,11H2,1-3H3. The minimum absolute atomic E-state index is 0.689. The van der Waals surface area contributed by atoms with Gasteiger partial charge in [0.05, 0.1) is 7.11 Å². The first-order valence-corrected chi connectivity index (χ1v) is 7.15. The van der Waals surface area contributed by atoms with Gasteiger partial charge in [-0.15, -0.1) is 0 Å². The van der Waals surface area contributed by atoms with Crippen molar-refractivity contribution in [1.29, 1.82) is 0 Å². The van der Waals surface area contributed by atoms with E-state index < -0.39 is 0 Å². The molecular weight excluding hydrogens is 252 g/mol. The van der Waals surface area contributed by atoms with Gasteiger partial charge in [-0.3, -0.25) is 9.69 Å². The van der Waals surface area contributed by atoms with E-state index in [2.05, 4.69) is 23.9 Å². The van der Waals surface area contributed by atoms with E-state index in [1.54, 1.807) is 13.2 Å². The van der Waals surface area contributed by atoms with Gasteiger partial charge in [0.25, 0.3) is 0 Å². The summed E-state index contributed by atoms with van der Waals surface area (Å²) in [6.07, 6.45) is 3.28. The Kier molecular flexibility index (Phi) is 5.15. The predicted molar refractivity (Wildman–Crippen MR) is 80.4 cm³/mol. The quantitative estimate of drug-likeness (QED) is 0.771. The normalized spacial score (nSPS) is 17.4. The Morgan fingerprint density at radius 2 is 2.05 bits per heavy atom. The van der Waals surface area contributed by atoms with Crippen LogP contribution in [0, 0.1) is 0 Å². The Labute approximate surface area is 121 Å². The van der Waals surface area contributed by atoms with Crippen molar-refractivity contribution < 1.29 is 9.53 Å². The van der Waals surface area contributed by atoms with Gasteiger partial charge in [-0.25, -0.2) is 0 Å². The topological polar surface area (TPSA) is 32.8 Å². The van der Waals surface area contributed by atoms with Gasteiger partial charge in [-0.2, -0.15) is 0 Å². The number of carbonyl (C=O) groups is 1. The number of methoxy groups -OCH3 is 1. The largest absolute Gasteiger partial charge is 0.496 e. The van der Waals surface area contributed by atoms with Crippen LogP contribution in [0.2, 0.25) is 0 Å². The summed E-state index contributed by atoms with van der Waals surface area (Å²) in [7, 11) is 5.98. The number of piperidine rings is 1. The fraction of sp³-hybridized carbons (Fsp3) is 0.562. The second kappa shape index (κ2) is 6.86. The molecule has 1 fully saturated rings. The van der Waals surface area contributed by atoms with Crippen molar-refractivity contribution in [1.82, 2.24) is 9.80 Å². The lowest BCUT2D eigenvalue weighted by molar-refractivity contribution is 0.112. The average molecular weight is 276 g/mol. The molecule has 0 radical (unpaired) electrons. The first-order valence-electron chi connectivity index (χ1n) is 7.15. The summed E-state index contributed by atoms with van der Waals surface area (Å²) in [5, 5.41) is 0. The first kappa shape index (κ1) is 15.0. The van der Waals surface area contributed by atoms with Crippen molar-refractivity contribution in [3.05, 3.63) is 29.3 Å². The summed E-state index contributed by atoms with van der Waals surface area (Å²) in [6.45, 7) is 3.04. The summed E-state index contributed by atoms with van der Waals surface area (Å²) in [5.74, 6) is 0.866. The molecule has 0 unspecified atom stereocenters. The molecule has 0 atom stereocenters. The fourth-order valence-electron chi connectivity index (χ4n) is 2.83. The number of ether oxygens (including phenoxy) is 1. The first-order chi connectivity index (χ1) is 9.63. The van der Waals surface area contributed by atoms with Gasteiger partial charge in [0.15, 0.2) is 0 Å². The molecule has 1 saturated heterocycles. The number of carbonyl (C=O) groups excluding carboxylic acids is 1. The number of nitrogens with zero attached hydrogens (tertiary/aromatic N) is 2. The van der Waals surface area contributed by atoms with Crippen LogP contribution in [-0.4, -0.2) is 56.4 Å². The monoisotopic (exact) mass is 276 g/mol. The van der Waals surface area contributed by atoms with Crippen LogP contribution in [0.15, 0.2) is 18.2 Å². The number of hydrogen-bond donors (Lipinski definition) is 0. The van der Waals surface area contributed by atoms with E-state index in [4.69, 9.17) is 4.74 Å². The molecule has 1 aromatic rings. The molecule has 4 nitrogen and oxygen atoms in total. The lowest BCUT2D eigenvalue weighted by Gasteiger charge is -2.35. The smallest absolute Gasteiger partial charge is 0.150 e. The molecular formula is C16H24N2O2. The summed E-state index contributed by atoms with van der Waals surface area (Å²) < 4.78 is 5.39. The zero-order valence-corrected chi connectivity index (χ0v) is 12.6. The number of likely N-dealkylation sites (tertiary alicyclic amines) is 1. The van der Waals surface area contributed by atoms with E-state index in [1.165, 1.54) is 12.8 Å². The van der Waals surface area contributed by atoms with Gasteiger partial charge in [0.2, 0.25) is 0 Å². The molecule has 2 rings (SSSR count). The molecule has 1 aliphatic heterocycles. The molecule has 4 heteroatoms. The zero-order chi connectivity index (χ0) is 14.5. The fourth-order valence-corrected chi connectivity index (χ4v) is 2.83. The molecule has 0 bridgehead atoms. The van der Waals surface area contributed by atoms with Crippen LogP contribution in [0.3, 0.4) is 0 Å². The molecule has 1 heterocycles. The number of benzene rings is 1. The number of hydrogen-bond acceptors (Lipinski definition) is 4. The van der Waals surface area contributed by atoms with Gasteiger partial charge in [0.1, 0.15) is 12.0 Å². The van der Waals surface area contributed by atoms with Crippen LogP contribution < -0.4 is 4.74 Å². The maximum Gasteiger partial charge on any atom is 0.150 e. The molecule has 0 saturated carbocycles. The van der Waals surface area contributed by atoms with Gasteiger partial charge in [0, 0.05) is 23.7 Å². The second-order valence-corrected chi connectivity index (χ2v) is 5.66. The minimum Gasteiger partial charge on any atom is -0.496 e. The summed E-state index contributed by atoms with van der Waals surface area (Å²) >= 11 is 0. The van der Waals surface area contributed by atoms with Crippen molar-refractivity contribution in [3.8, 4) is 5.75 Å². The van der Waals surface area contributed by atoms with Crippen molar-refractivity contribution in [3.63, 3.8) is 0 Å². The highest BCUT2D eigenvalue weighted by molar-refractivity contribution is 5.75. The third-order valence-corrected chi connectivity index (χ3v) is 4.12. The second-order valence-electron chi connectivity index (χ2n) is 5.66. The molecule has 1 aromatic carbocycles. The van der Waals surface area contributed by atoms with E-state index >= 15 is 0 Å². The summed E-state index contributed by atoms with van der Waals surface area (Å²) in [5.41, 5.74) is 1.81. The highest BCUT2D eigenvalue weighted by Gasteiger charge is 2.21. The highest BCUT2D eigenvalue weighted by atomic mass is 16.5. The van der Waals surface area contributed by atoms with Gasteiger partial charge in [-0.1, -0.05) is 0 Å². The van der Waals surface area contributed by atoms with E-state index in [1.807, 2.05) is 12.1 Å². The van der Waals surface area contributed by atoms with Crippen molar-refractivity contribution in [2.45, 2.75) is 25.4 Å². The molecule has 1 aliphatic rings. The summed E-state index contributed by atoms with van der Waals surface area (Å²) in [6, 6.07) is 6.30. The number of rotatable bonds is 5. The summed E-state index contributed by atoms with van der Waals surface area (Å²) in [4.78, 5) is 15.7. The Bertz CT molecular complexity index is 452. The van der Waals surface area contributed by atoms with Crippen LogP contribution in [0.1, 0.15) is 28.8 Å². The third kappa shape index (κ3) is 3.58. The van der Waals surface area contributed by atoms with Crippen LogP contribution in [-0.2, 0) is 6.54 Å². The molecule has 0 aromatic heterocycles. The van der Waals surface area contributed by atoms with Gasteiger partial charge >= 0.3 is 0 Å². The van der Waals surface area contributed by atoms with Crippen molar-refractivity contribution >= 4 is 6.29 Å². The van der Waals surface area contributed by atoms with Crippen LogP contribution >= 0.6 is 0 Å². The Morgan fingerprint density at radius 3 is 2.60 bits per heavy atom. The van der Waals surface area contributed by atoms with Gasteiger partial charge in [-0.05, 0) is 58.2 Å². The SMILES string of the molecule is COc1ccc(C=O)cc1CN1CCC(N(C)C)CC1. The highest BCUT2D eigenvalue weighted by Crippen LogP contribution is 2.23. The maximum atomic E-state index is 10.9. The number of aldehydes is 1. The lowest BCUT2D eigenvalue weighted by Crippen LogP contribution is -2.41. The van der Waals surface area contributed by atoms with Crippen LogP contribution in [0.5, 0.6) is 5.75 Å². The van der Waals surface area contributed by atoms with Gasteiger partial charge < -0.3 is 9.64 Å². The minimum atomic E-state index is 0.689. The van der Waals surface area contributed by atoms with Crippen molar-refractivity contribution in [2.24, 2.45) is 0 Å². The van der Waals surface area contributed by atoms with E-state index in [-0.39, 0.29) is 0 Å². The molecule has 110 valence electrons. The Balaban J connectivity index is 2.01. The molecule has 0 spiro atoms. The Morgan fingerprint density at radius 1 is 1.35 bits per heavy atom. The third-order valence-electron chi connectivity index (χ3n) is 4.12. The zero-order valence-electron chi connectivity index (χ0n) is 12.6. The van der Waals surface area contributed by atoms with E-state index in [0.29, 0.717) is 11.6 Å².